The zero-order valence-electron chi connectivity index (χ0n) is 12.4. The van der Waals surface area contributed by atoms with E-state index in [1.807, 2.05) is 26.0 Å². The molecule has 1 N–H and O–H groups in total. The van der Waals surface area contributed by atoms with Gasteiger partial charge in [-0.05, 0) is 37.9 Å². The lowest BCUT2D eigenvalue weighted by Gasteiger charge is -2.16. The molecule has 108 valence electrons. The molecule has 0 heterocycles. The summed E-state index contributed by atoms with van der Waals surface area (Å²) in [5.74, 6) is 2.03. The Balaban J connectivity index is 2.83. The summed E-state index contributed by atoms with van der Waals surface area (Å²) in [6.07, 6.45) is 0.0925. The fourth-order valence-electron chi connectivity index (χ4n) is 1.71. The smallest absolute Gasteiger partial charge is 0.163 e. The summed E-state index contributed by atoms with van der Waals surface area (Å²) in [5, 5.41) is 4.07. The van der Waals surface area contributed by atoms with Gasteiger partial charge in [0.1, 0.15) is 0 Å². The number of hydrogen-bond donors (Lipinski definition) is 1. The number of rotatable bonds is 7. The number of methoxy groups -OCH3 is 1. The van der Waals surface area contributed by atoms with E-state index in [4.69, 9.17) is 21.1 Å². The van der Waals surface area contributed by atoms with Gasteiger partial charge in [-0.25, -0.2) is 0 Å². The van der Waals surface area contributed by atoms with Crippen LogP contribution in [0.3, 0.4) is 0 Å². The van der Waals surface area contributed by atoms with E-state index < -0.39 is 0 Å². The third-order valence-electron chi connectivity index (χ3n) is 2.56. The molecule has 0 aliphatic heterocycles. The van der Waals surface area contributed by atoms with Crippen molar-refractivity contribution in [2.45, 2.75) is 40.3 Å². The summed E-state index contributed by atoms with van der Waals surface area (Å²) in [6.45, 7) is 10.00. The molecule has 1 aromatic rings. The minimum absolute atomic E-state index is 0.0925. The maximum Gasteiger partial charge on any atom is 0.163 e. The monoisotopic (exact) mass is 285 g/mol. The third-order valence-corrected chi connectivity index (χ3v) is 2.92. The van der Waals surface area contributed by atoms with Crippen LogP contribution in [0.5, 0.6) is 11.5 Å². The third kappa shape index (κ3) is 5.29. The second-order valence-corrected chi connectivity index (χ2v) is 5.69. The highest BCUT2D eigenvalue weighted by Crippen LogP contribution is 2.34. The van der Waals surface area contributed by atoms with Crippen LogP contribution in [0.2, 0.25) is 5.02 Å². The Labute approximate surface area is 121 Å². The van der Waals surface area contributed by atoms with Crippen molar-refractivity contribution >= 4 is 11.6 Å². The molecular formula is C15H24ClNO2. The van der Waals surface area contributed by atoms with E-state index in [1.54, 1.807) is 7.11 Å². The van der Waals surface area contributed by atoms with Gasteiger partial charge < -0.3 is 14.8 Å². The molecule has 0 atom stereocenters. The van der Waals surface area contributed by atoms with Crippen molar-refractivity contribution in [1.29, 1.82) is 0 Å². The van der Waals surface area contributed by atoms with E-state index in [2.05, 4.69) is 19.2 Å². The first-order chi connectivity index (χ1) is 8.93. The average Bonchev–Trinajstić information content (AvgIpc) is 2.30. The number of ether oxygens (including phenoxy) is 2. The Morgan fingerprint density at radius 1 is 1.16 bits per heavy atom. The van der Waals surface area contributed by atoms with Gasteiger partial charge in [-0.15, -0.1) is 0 Å². The van der Waals surface area contributed by atoms with Crippen molar-refractivity contribution < 1.29 is 9.47 Å². The van der Waals surface area contributed by atoms with Crippen LogP contribution < -0.4 is 14.8 Å². The molecule has 0 saturated carbocycles. The largest absolute Gasteiger partial charge is 0.493 e. The fourth-order valence-corrected chi connectivity index (χ4v) is 1.93. The molecule has 0 fully saturated rings. The molecule has 1 aromatic carbocycles. The van der Waals surface area contributed by atoms with Crippen LogP contribution in [0.25, 0.3) is 0 Å². The standard InChI is InChI=1S/C15H24ClNO2/c1-10(2)8-17-9-12-6-14(18-5)15(7-13(12)16)19-11(3)4/h6-7,10-11,17H,8-9H2,1-5H3. The summed E-state index contributed by atoms with van der Waals surface area (Å²) in [7, 11) is 1.64. The topological polar surface area (TPSA) is 30.5 Å². The minimum Gasteiger partial charge on any atom is -0.493 e. The Morgan fingerprint density at radius 3 is 2.37 bits per heavy atom. The van der Waals surface area contributed by atoms with Crippen molar-refractivity contribution in [2.75, 3.05) is 13.7 Å². The summed E-state index contributed by atoms with van der Waals surface area (Å²) >= 11 is 6.28. The van der Waals surface area contributed by atoms with Gasteiger partial charge in [-0.3, -0.25) is 0 Å². The van der Waals surface area contributed by atoms with Gasteiger partial charge in [-0.1, -0.05) is 25.4 Å². The van der Waals surface area contributed by atoms with Crippen LogP contribution in [0, 0.1) is 5.92 Å². The maximum absolute atomic E-state index is 6.28. The lowest BCUT2D eigenvalue weighted by atomic mass is 10.1. The SMILES string of the molecule is COc1cc(CNCC(C)C)c(Cl)cc1OC(C)C. The first kappa shape index (κ1) is 16.1. The minimum atomic E-state index is 0.0925. The molecule has 0 aliphatic rings. The quantitative estimate of drug-likeness (QED) is 0.825. The van der Waals surface area contributed by atoms with Crippen LogP contribution in [-0.4, -0.2) is 19.8 Å². The lowest BCUT2D eigenvalue weighted by molar-refractivity contribution is 0.230. The molecule has 0 amide bonds. The van der Waals surface area contributed by atoms with E-state index in [9.17, 15) is 0 Å². The lowest BCUT2D eigenvalue weighted by Crippen LogP contribution is -2.19. The first-order valence-corrected chi connectivity index (χ1v) is 7.05. The van der Waals surface area contributed by atoms with Gasteiger partial charge in [-0.2, -0.15) is 0 Å². The molecule has 0 bridgehead atoms. The van der Waals surface area contributed by atoms with E-state index in [1.165, 1.54) is 0 Å². The molecule has 0 unspecified atom stereocenters. The Hall–Kier alpha value is -0.930. The van der Waals surface area contributed by atoms with Crippen molar-refractivity contribution in [3.63, 3.8) is 0 Å². The zero-order chi connectivity index (χ0) is 14.4. The Kier molecular flexibility index (Phi) is 6.46. The van der Waals surface area contributed by atoms with Gasteiger partial charge in [0.15, 0.2) is 11.5 Å². The van der Waals surface area contributed by atoms with Crippen LogP contribution in [0.4, 0.5) is 0 Å². The number of benzene rings is 1. The van der Waals surface area contributed by atoms with E-state index in [0.29, 0.717) is 16.7 Å². The van der Waals surface area contributed by atoms with E-state index in [0.717, 1.165) is 24.4 Å². The molecule has 3 nitrogen and oxygen atoms in total. The molecule has 4 heteroatoms. The Bertz CT molecular complexity index is 405. The second-order valence-electron chi connectivity index (χ2n) is 5.29. The second kappa shape index (κ2) is 7.61. The van der Waals surface area contributed by atoms with Gasteiger partial charge in [0.25, 0.3) is 0 Å². The summed E-state index contributed by atoms with van der Waals surface area (Å²) in [5.41, 5.74) is 1.02. The van der Waals surface area contributed by atoms with Crippen LogP contribution in [0.15, 0.2) is 12.1 Å². The average molecular weight is 286 g/mol. The molecule has 0 aromatic heterocycles. The zero-order valence-corrected chi connectivity index (χ0v) is 13.2. The highest BCUT2D eigenvalue weighted by Gasteiger charge is 2.11. The van der Waals surface area contributed by atoms with Gasteiger partial charge >= 0.3 is 0 Å². The maximum atomic E-state index is 6.28. The number of nitrogens with one attached hydrogen (secondary N) is 1. The van der Waals surface area contributed by atoms with Crippen LogP contribution in [-0.2, 0) is 6.54 Å². The first-order valence-electron chi connectivity index (χ1n) is 6.67. The predicted octanol–water partition coefficient (Wildman–Crippen LogP) is 3.88. The highest BCUT2D eigenvalue weighted by molar-refractivity contribution is 6.31. The highest BCUT2D eigenvalue weighted by atomic mass is 35.5. The molecule has 0 saturated heterocycles. The summed E-state index contributed by atoms with van der Waals surface area (Å²) < 4.78 is 11.0. The van der Waals surface area contributed by atoms with Crippen molar-refractivity contribution in [1.82, 2.24) is 5.32 Å². The molecule has 1 rings (SSSR count). The Morgan fingerprint density at radius 2 is 1.84 bits per heavy atom. The predicted molar refractivity (Wildman–Crippen MR) is 80.3 cm³/mol. The number of hydrogen-bond acceptors (Lipinski definition) is 3. The summed E-state index contributed by atoms with van der Waals surface area (Å²) in [6, 6.07) is 3.76. The normalized spacial score (nSPS) is 11.2. The van der Waals surface area contributed by atoms with Crippen LogP contribution in [0.1, 0.15) is 33.3 Å². The van der Waals surface area contributed by atoms with Gasteiger partial charge in [0.2, 0.25) is 0 Å². The van der Waals surface area contributed by atoms with Crippen molar-refractivity contribution in [2.24, 2.45) is 5.92 Å². The van der Waals surface area contributed by atoms with E-state index >= 15 is 0 Å². The van der Waals surface area contributed by atoms with Crippen LogP contribution >= 0.6 is 11.6 Å². The molecule has 19 heavy (non-hydrogen) atoms. The fraction of sp³-hybridized carbons (Fsp3) is 0.600. The molecule has 0 radical (unpaired) electrons. The molecular weight excluding hydrogens is 262 g/mol. The van der Waals surface area contributed by atoms with E-state index in [-0.39, 0.29) is 6.10 Å². The number of halogens is 1. The van der Waals surface area contributed by atoms with Crippen molar-refractivity contribution in [3.05, 3.63) is 22.7 Å². The molecule has 0 aliphatic carbocycles. The van der Waals surface area contributed by atoms with Crippen molar-refractivity contribution in [3.8, 4) is 11.5 Å². The van der Waals surface area contributed by atoms with Gasteiger partial charge in [0, 0.05) is 17.6 Å². The molecule has 0 spiro atoms. The summed E-state index contributed by atoms with van der Waals surface area (Å²) in [4.78, 5) is 0. The van der Waals surface area contributed by atoms with Gasteiger partial charge in [0.05, 0.1) is 13.2 Å².